The van der Waals surface area contributed by atoms with Gasteiger partial charge >= 0.3 is 0 Å². The van der Waals surface area contributed by atoms with Crippen molar-refractivity contribution in [3.05, 3.63) is 84.2 Å². The first-order valence-corrected chi connectivity index (χ1v) is 9.86. The van der Waals surface area contributed by atoms with Gasteiger partial charge in [0.15, 0.2) is 5.96 Å². The molecule has 0 saturated heterocycles. The molecule has 0 spiro atoms. The molecule has 28 heavy (non-hydrogen) atoms. The van der Waals surface area contributed by atoms with Gasteiger partial charge in [-0.2, -0.15) is 5.10 Å². The van der Waals surface area contributed by atoms with Crippen molar-refractivity contribution in [3.63, 3.8) is 0 Å². The van der Waals surface area contributed by atoms with Crippen molar-refractivity contribution in [2.75, 3.05) is 13.6 Å². The Morgan fingerprint density at radius 3 is 2.79 bits per heavy atom. The minimum absolute atomic E-state index is 0.144. The summed E-state index contributed by atoms with van der Waals surface area (Å²) in [6.07, 6.45) is 4.99. The Kier molecular flexibility index (Phi) is 5.42. The topological polar surface area (TPSA) is 54.2 Å². The van der Waals surface area contributed by atoms with E-state index in [4.69, 9.17) is 0 Å². The van der Waals surface area contributed by atoms with Gasteiger partial charge in [0.1, 0.15) is 0 Å². The minimum Gasteiger partial charge on any atom is -0.356 e. The van der Waals surface area contributed by atoms with Gasteiger partial charge in [-0.05, 0) is 54.5 Å². The number of nitrogens with one attached hydrogen (secondary N) is 2. The van der Waals surface area contributed by atoms with Crippen LogP contribution >= 0.6 is 0 Å². The molecule has 3 aromatic rings. The molecule has 3 unspecified atom stereocenters. The number of nitrogens with zero attached hydrogens (tertiary/aromatic N) is 3. The Balaban J connectivity index is 1.32. The smallest absolute Gasteiger partial charge is 0.191 e. The van der Waals surface area contributed by atoms with E-state index in [2.05, 4.69) is 82.2 Å². The zero-order chi connectivity index (χ0) is 19.3. The van der Waals surface area contributed by atoms with E-state index < -0.39 is 0 Å². The molecule has 0 amide bonds. The Labute approximate surface area is 166 Å². The van der Waals surface area contributed by atoms with Crippen molar-refractivity contribution in [1.29, 1.82) is 0 Å². The number of hydrogen-bond donors (Lipinski definition) is 2. The molecule has 1 saturated carbocycles. The van der Waals surface area contributed by atoms with Gasteiger partial charge in [0, 0.05) is 26.0 Å². The van der Waals surface area contributed by atoms with Crippen LogP contribution in [0, 0.1) is 5.92 Å². The van der Waals surface area contributed by atoms with Gasteiger partial charge in [-0.1, -0.05) is 42.5 Å². The van der Waals surface area contributed by atoms with Crippen LogP contribution in [0.5, 0.6) is 0 Å². The number of aromatic nitrogens is 2. The van der Waals surface area contributed by atoms with E-state index in [1.807, 2.05) is 24.0 Å². The number of rotatable bonds is 6. The Morgan fingerprint density at radius 1 is 1.18 bits per heavy atom. The van der Waals surface area contributed by atoms with Gasteiger partial charge in [-0.3, -0.25) is 4.99 Å². The van der Waals surface area contributed by atoms with Gasteiger partial charge in [0.05, 0.1) is 11.7 Å². The molecule has 1 aromatic heterocycles. The molecule has 2 N–H and O–H groups in total. The summed E-state index contributed by atoms with van der Waals surface area (Å²) in [5, 5.41) is 11.3. The maximum atomic E-state index is 4.40. The largest absolute Gasteiger partial charge is 0.356 e. The molecule has 1 aliphatic rings. The predicted octanol–water partition coefficient (Wildman–Crippen LogP) is 3.90. The molecule has 0 bridgehead atoms. The van der Waals surface area contributed by atoms with Gasteiger partial charge < -0.3 is 10.6 Å². The first kappa shape index (κ1) is 18.3. The lowest BCUT2D eigenvalue weighted by Crippen LogP contribution is -2.39. The molecule has 0 radical (unpaired) electrons. The molecule has 0 aliphatic heterocycles. The van der Waals surface area contributed by atoms with Crippen molar-refractivity contribution in [2.24, 2.45) is 10.9 Å². The average Bonchev–Trinajstić information content (AvgIpc) is 3.31. The van der Waals surface area contributed by atoms with Crippen LogP contribution < -0.4 is 10.6 Å². The summed E-state index contributed by atoms with van der Waals surface area (Å²) >= 11 is 0. The van der Waals surface area contributed by atoms with Crippen LogP contribution in [0.25, 0.3) is 5.69 Å². The second-order valence-corrected chi connectivity index (χ2v) is 7.38. The quantitative estimate of drug-likeness (QED) is 0.509. The minimum atomic E-state index is 0.144. The van der Waals surface area contributed by atoms with Gasteiger partial charge in [0.2, 0.25) is 0 Å². The fourth-order valence-corrected chi connectivity index (χ4v) is 3.65. The summed E-state index contributed by atoms with van der Waals surface area (Å²) in [6.45, 7) is 3.10. The van der Waals surface area contributed by atoms with Crippen molar-refractivity contribution < 1.29 is 0 Å². The molecule has 144 valence electrons. The second kappa shape index (κ2) is 8.30. The highest BCUT2D eigenvalue weighted by Gasteiger charge is 2.37. The average molecular weight is 374 g/mol. The van der Waals surface area contributed by atoms with E-state index in [9.17, 15) is 0 Å². The van der Waals surface area contributed by atoms with Gasteiger partial charge in [-0.25, -0.2) is 4.68 Å². The zero-order valence-corrected chi connectivity index (χ0v) is 16.4. The highest BCUT2D eigenvalue weighted by atomic mass is 15.3. The van der Waals surface area contributed by atoms with Crippen LogP contribution in [0.1, 0.15) is 36.4 Å². The van der Waals surface area contributed by atoms with Gasteiger partial charge in [-0.15, -0.1) is 0 Å². The first-order chi connectivity index (χ1) is 13.7. The molecule has 5 heteroatoms. The van der Waals surface area contributed by atoms with E-state index in [0.717, 1.165) is 18.2 Å². The Morgan fingerprint density at radius 2 is 2.04 bits per heavy atom. The van der Waals surface area contributed by atoms with Crippen LogP contribution in [0.15, 0.2) is 78.0 Å². The van der Waals surface area contributed by atoms with Crippen molar-refractivity contribution in [2.45, 2.75) is 25.3 Å². The predicted molar refractivity (Wildman–Crippen MR) is 114 cm³/mol. The summed E-state index contributed by atoms with van der Waals surface area (Å²) in [4.78, 5) is 4.40. The van der Waals surface area contributed by atoms with Crippen molar-refractivity contribution >= 4 is 5.96 Å². The molecule has 1 fully saturated rings. The van der Waals surface area contributed by atoms with E-state index in [-0.39, 0.29) is 6.04 Å². The lowest BCUT2D eigenvalue weighted by molar-refractivity contribution is 0.664. The Bertz CT molecular complexity index is 917. The summed E-state index contributed by atoms with van der Waals surface area (Å²) < 4.78 is 1.88. The number of aliphatic imine (C=N–C) groups is 1. The van der Waals surface area contributed by atoms with E-state index in [1.165, 1.54) is 17.5 Å². The summed E-state index contributed by atoms with van der Waals surface area (Å²) in [5.74, 6) is 2.20. The molecule has 5 nitrogen and oxygen atoms in total. The first-order valence-electron chi connectivity index (χ1n) is 9.86. The van der Waals surface area contributed by atoms with Crippen LogP contribution in [-0.2, 0) is 0 Å². The molecule has 1 aliphatic carbocycles. The third-order valence-corrected chi connectivity index (χ3v) is 5.40. The lowest BCUT2D eigenvalue weighted by Gasteiger charge is -2.19. The van der Waals surface area contributed by atoms with Crippen LogP contribution in [0.2, 0.25) is 0 Å². The second-order valence-electron chi connectivity index (χ2n) is 7.38. The lowest BCUT2D eigenvalue weighted by atomic mass is 10.1. The summed E-state index contributed by atoms with van der Waals surface area (Å²) in [6, 6.07) is 21.3. The van der Waals surface area contributed by atoms with E-state index in [0.29, 0.717) is 11.8 Å². The van der Waals surface area contributed by atoms with Crippen molar-refractivity contribution in [3.8, 4) is 5.69 Å². The molecule has 4 rings (SSSR count). The Hall–Kier alpha value is -3.08. The zero-order valence-electron chi connectivity index (χ0n) is 16.4. The van der Waals surface area contributed by atoms with Crippen molar-refractivity contribution in [1.82, 2.24) is 20.4 Å². The SMILES string of the molecule is CN=C(NCC1CC1c1ccccc1)NC(C)c1cccc(-n2cccn2)c1. The monoisotopic (exact) mass is 373 g/mol. The maximum absolute atomic E-state index is 4.40. The fraction of sp³-hybridized carbons (Fsp3) is 0.304. The normalized spacial score (nSPS) is 19.9. The number of hydrogen-bond acceptors (Lipinski definition) is 2. The third kappa shape index (κ3) is 4.25. The maximum Gasteiger partial charge on any atom is 0.191 e. The summed E-state index contributed by atoms with van der Waals surface area (Å²) in [5.41, 5.74) is 3.70. The summed E-state index contributed by atoms with van der Waals surface area (Å²) in [7, 11) is 1.82. The third-order valence-electron chi connectivity index (χ3n) is 5.40. The fourth-order valence-electron chi connectivity index (χ4n) is 3.65. The van der Waals surface area contributed by atoms with E-state index >= 15 is 0 Å². The molecule has 3 atom stereocenters. The highest BCUT2D eigenvalue weighted by Crippen LogP contribution is 2.46. The highest BCUT2D eigenvalue weighted by molar-refractivity contribution is 5.80. The molecule has 2 aromatic carbocycles. The van der Waals surface area contributed by atoms with Crippen LogP contribution in [0.3, 0.4) is 0 Å². The van der Waals surface area contributed by atoms with Crippen LogP contribution in [-0.4, -0.2) is 29.3 Å². The standard InChI is InChI=1S/C23H27N5/c1-17(19-10-6-11-21(14-19)28-13-7-12-26-28)27-23(24-2)25-16-20-15-22(20)18-8-4-3-5-9-18/h3-14,17,20,22H,15-16H2,1-2H3,(H2,24,25,27). The van der Waals surface area contributed by atoms with E-state index in [1.54, 1.807) is 6.20 Å². The molecular weight excluding hydrogens is 346 g/mol. The number of guanidine groups is 1. The molecular formula is C23H27N5. The van der Waals surface area contributed by atoms with Crippen LogP contribution in [0.4, 0.5) is 0 Å². The van der Waals surface area contributed by atoms with Gasteiger partial charge in [0.25, 0.3) is 0 Å². The number of benzene rings is 2. The molecule has 1 heterocycles.